The molecule has 7 heteroatoms. The van der Waals surface area contributed by atoms with E-state index < -0.39 is 0 Å². The standard InChI is InChI=1S/C17H14N4O3/c22-11-5-3-10(4-6-11)2-1-7-21-16(23)13-8-18-15-12(9-19-20-15)14(13)17(21)24/h3-6,8-9,22H,1-2,7H2,(H,18,19,20). The van der Waals surface area contributed by atoms with Crippen LogP contribution in [0.2, 0.25) is 0 Å². The number of fused-ring (bicyclic) bond motifs is 3. The number of aromatic hydroxyl groups is 1. The van der Waals surface area contributed by atoms with E-state index in [2.05, 4.69) is 15.2 Å². The fourth-order valence-corrected chi connectivity index (χ4v) is 2.97. The second-order valence-electron chi connectivity index (χ2n) is 5.71. The van der Waals surface area contributed by atoms with E-state index in [1.165, 1.54) is 17.3 Å². The first-order chi connectivity index (χ1) is 11.6. The van der Waals surface area contributed by atoms with Crippen LogP contribution in [-0.4, -0.2) is 43.5 Å². The Balaban J connectivity index is 1.51. The third kappa shape index (κ3) is 2.21. The highest BCUT2D eigenvalue weighted by molar-refractivity contribution is 6.25. The molecule has 0 spiro atoms. The number of carbonyl (C=O) groups is 2. The molecule has 0 aliphatic carbocycles. The van der Waals surface area contributed by atoms with Gasteiger partial charge in [0.05, 0.1) is 22.7 Å². The zero-order chi connectivity index (χ0) is 16.7. The fraction of sp³-hybridized carbons (Fsp3) is 0.176. The molecule has 120 valence electrons. The van der Waals surface area contributed by atoms with Crippen LogP contribution in [0.1, 0.15) is 32.7 Å². The first kappa shape index (κ1) is 14.4. The van der Waals surface area contributed by atoms with Gasteiger partial charge in [-0.3, -0.25) is 19.6 Å². The first-order valence-electron chi connectivity index (χ1n) is 7.61. The molecule has 4 rings (SSSR count). The molecule has 3 aromatic rings. The van der Waals surface area contributed by atoms with Gasteiger partial charge in [-0.05, 0) is 30.5 Å². The van der Waals surface area contributed by atoms with E-state index in [1.807, 2.05) is 12.1 Å². The van der Waals surface area contributed by atoms with E-state index in [-0.39, 0.29) is 17.6 Å². The van der Waals surface area contributed by atoms with Crippen molar-refractivity contribution in [1.82, 2.24) is 20.1 Å². The maximum absolute atomic E-state index is 12.6. The first-order valence-corrected chi connectivity index (χ1v) is 7.61. The lowest BCUT2D eigenvalue weighted by molar-refractivity contribution is 0.0653. The Morgan fingerprint density at radius 3 is 2.67 bits per heavy atom. The number of amides is 2. The number of rotatable bonds is 4. The minimum atomic E-state index is -0.309. The molecule has 7 nitrogen and oxygen atoms in total. The summed E-state index contributed by atoms with van der Waals surface area (Å²) in [6.07, 6.45) is 4.31. The van der Waals surface area contributed by atoms with Crippen LogP contribution in [0.3, 0.4) is 0 Å². The van der Waals surface area contributed by atoms with Crippen molar-refractivity contribution in [2.24, 2.45) is 0 Å². The largest absolute Gasteiger partial charge is 0.508 e. The summed E-state index contributed by atoms with van der Waals surface area (Å²) in [6.45, 7) is 0.340. The van der Waals surface area contributed by atoms with E-state index in [9.17, 15) is 14.7 Å². The second kappa shape index (κ2) is 5.45. The lowest BCUT2D eigenvalue weighted by atomic mass is 10.1. The van der Waals surface area contributed by atoms with Crippen molar-refractivity contribution >= 4 is 22.8 Å². The molecule has 2 N–H and O–H groups in total. The molecule has 0 fully saturated rings. The summed E-state index contributed by atoms with van der Waals surface area (Å²) < 4.78 is 0. The number of carbonyl (C=O) groups excluding carboxylic acids is 2. The van der Waals surface area contributed by atoms with Gasteiger partial charge in [-0.2, -0.15) is 5.10 Å². The maximum Gasteiger partial charge on any atom is 0.263 e. The van der Waals surface area contributed by atoms with Crippen LogP contribution in [0.15, 0.2) is 36.7 Å². The van der Waals surface area contributed by atoms with Gasteiger partial charge < -0.3 is 5.11 Å². The molecular formula is C17H14N4O3. The van der Waals surface area contributed by atoms with Crippen LogP contribution in [-0.2, 0) is 6.42 Å². The minimum absolute atomic E-state index is 0.218. The second-order valence-corrected chi connectivity index (χ2v) is 5.71. The molecule has 0 saturated heterocycles. The number of nitrogens with one attached hydrogen (secondary N) is 1. The Kier molecular flexibility index (Phi) is 3.26. The summed E-state index contributed by atoms with van der Waals surface area (Å²) in [5.74, 6) is -0.387. The van der Waals surface area contributed by atoms with Crippen LogP contribution >= 0.6 is 0 Å². The molecule has 1 aliphatic rings. The Morgan fingerprint density at radius 1 is 1.08 bits per heavy atom. The Bertz CT molecular complexity index is 946. The topological polar surface area (TPSA) is 99.2 Å². The molecule has 24 heavy (non-hydrogen) atoms. The number of H-pyrrole nitrogens is 1. The molecule has 0 unspecified atom stereocenters. The molecule has 1 aromatic carbocycles. The van der Waals surface area contributed by atoms with Gasteiger partial charge in [-0.1, -0.05) is 12.1 Å². The number of aromatic amines is 1. The lowest BCUT2D eigenvalue weighted by Gasteiger charge is -2.13. The predicted molar refractivity (Wildman–Crippen MR) is 85.7 cm³/mol. The normalized spacial score (nSPS) is 13.8. The summed E-state index contributed by atoms with van der Waals surface area (Å²) in [4.78, 5) is 30.5. The van der Waals surface area contributed by atoms with E-state index in [1.54, 1.807) is 12.1 Å². The van der Waals surface area contributed by atoms with E-state index >= 15 is 0 Å². The van der Waals surface area contributed by atoms with Crippen molar-refractivity contribution in [2.45, 2.75) is 12.8 Å². The van der Waals surface area contributed by atoms with Crippen molar-refractivity contribution in [1.29, 1.82) is 0 Å². The number of hydrogen-bond donors (Lipinski definition) is 2. The molecule has 2 amide bonds. The quantitative estimate of drug-likeness (QED) is 0.715. The van der Waals surface area contributed by atoms with Gasteiger partial charge in [0.15, 0.2) is 5.65 Å². The maximum atomic E-state index is 12.6. The molecule has 1 aliphatic heterocycles. The third-order valence-corrected chi connectivity index (χ3v) is 4.20. The fourth-order valence-electron chi connectivity index (χ4n) is 2.97. The van der Waals surface area contributed by atoms with Crippen molar-refractivity contribution in [3.05, 3.63) is 53.3 Å². The SMILES string of the molecule is O=C1c2cnc3[nH]ncc3c2C(=O)N1CCCc1ccc(O)cc1. The summed E-state index contributed by atoms with van der Waals surface area (Å²) in [5, 5.41) is 16.4. The van der Waals surface area contributed by atoms with Crippen LogP contribution in [0, 0.1) is 0 Å². The van der Waals surface area contributed by atoms with Gasteiger partial charge in [0.2, 0.25) is 0 Å². The molecule has 0 bridgehead atoms. The van der Waals surface area contributed by atoms with Crippen LogP contribution in [0.25, 0.3) is 11.0 Å². The van der Waals surface area contributed by atoms with Gasteiger partial charge >= 0.3 is 0 Å². The van der Waals surface area contributed by atoms with Crippen molar-refractivity contribution < 1.29 is 14.7 Å². The Labute approximate surface area is 136 Å². The summed E-state index contributed by atoms with van der Waals surface area (Å²) in [6, 6.07) is 6.91. The number of aromatic nitrogens is 3. The monoisotopic (exact) mass is 322 g/mol. The molecule has 0 radical (unpaired) electrons. The van der Waals surface area contributed by atoms with Gasteiger partial charge in [-0.25, -0.2) is 4.98 Å². The van der Waals surface area contributed by atoms with Crippen molar-refractivity contribution in [3.63, 3.8) is 0 Å². The highest BCUT2D eigenvalue weighted by Crippen LogP contribution is 2.28. The number of aryl methyl sites for hydroxylation is 1. The number of imide groups is 1. The molecule has 0 atom stereocenters. The average Bonchev–Trinajstić information content (AvgIpc) is 3.15. The van der Waals surface area contributed by atoms with Crippen molar-refractivity contribution in [2.75, 3.05) is 6.54 Å². The number of nitrogens with zero attached hydrogens (tertiary/aromatic N) is 3. The predicted octanol–water partition coefficient (Wildman–Crippen LogP) is 1.89. The smallest absolute Gasteiger partial charge is 0.263 e. The number of pyridine rings is 1. The number of hydrogen-bond acceptors (Lipinski definition) is 5. The minimum Gasteiger partial charge on any atom is -0.508 e. The lowest BCUT2D eigenvalue weighted by Crippen LogP contribution is -2.31. The summed E-state index contributed by atoms with van der Waals surface area (Å²) in [7, 11) is 0. The van der Waals surface area contributed by atoms with Crippen LogP contribution in [0.4, 0.5) is 0 Å². The van der Waals surface area contributed by atoms with E-state index in [4.69, 9.17) is 0 Å². The van der Waals surface area contributed by atoms with Crippen LogP contribution in [0.5, 0.6) is 5.75 Å². The van der Waals surface area contributed by atoms with E-state index in [0.717, 1.165) is 5.56 Å². The molecule has 0 saturated carbocycles. The highest BCUT2D eigenvalue weighted by atomic mass is 16.3. The highest BCUT2D eigenvalue weighted by Gasteiger charge is 2.37. The number of benzene rings is 1. The zero-order valence-electron chi connectivity index (χ0n) is 12.7. The van der Waals surface area contributed by atoms with Crippen molar-refractivity contribution in [3.8, 4) is 5.75 Å². The van der Waals surface area contributed by atoms with Gasteiger partial charge in [0, 0.05) is 12.7 Å². The molecular weight excluding hydrogens is 308 g/mol. The zero-order valence-corrected chi connectivity index (χ0v) is 12.7. The van der Waals surface area contributed by atoms with Crippen LogP contribution < -0.4 is 0 Å². The number of phenols is 1. The molecule has 2 aromatic heterocycles. The average molecular weight is 322 g/mol. The summed E-state index contributed by atoms with van der Waals surface area (Å²) >= 11 is 0. The Morgan fingerprint density at radius 2 is 1.88 bits per heavy atom. The number of phenolic OH excluding ortho intramolecular Hbond substituents is 1. The third-order valence-electron chi connectivity index (χ3n) is 4.20. The Hall–Kier alpha value is -3.22. The van der Waals surface area contributed by atoms with Gasteiger partial charge in [0.1, 0.15) is 5.75 Å². The van der Waals surface area contributed by atoms with Gasteiger partial charge in [0.25, 0.3) is 11.8 Å². The van der Waals surface area contributed by atoms with Gasteiger partial charge in [-0.15, -0.1) is 0 Å². The molecule has 3 heterocycles. The van der Waals surface area contributed by atoms with E-state index in [0.29, 0.717) is 41.5 Å². The summed E-state index contributed by atoms with van der Waals surface area (Å²) in [5.41, 5.74) is 2.26.